The number of aliphatic hydroxyl groups is 2. The van der Waals surface area contributed by atoms with E-state index < -0.39 is 72.3 Å². The highest BCUT2D eigenvalue weighted by Crippen LogP contribution is 2.43. The summed E-state index contributed by atoms with van der Waals surface area (Å²) in [6.07, 6.45) is 40.9. The predicted octanol–water partition coefficient (Wildman–Crippen LogP) is 11.0. The van der Waals surface area contributed by atoms with Crippen molar-refractivity contribution in [2.24, 2.45) is 5.92 Å². The number of hydrogen-bond donors (Lipinski definition) is 5. The van der Waals surface area contributed by atoms with Crippen molar-refractivity contribution in [3.8, 4) is 0 Å². The zero-order valence-electron chi connectivity index (χ0n) is 38.4. The molecular weight excluding hydrogens is 850 g/mol. The van der Waals surface area contributed by atoms with Crippen molar-refractivity contribution in [1.82, 2.24) is 0 Å². The summed E-state index contributed by atoms with van der Waals surface area (Å²) in [5, 5.41) is 20.1. The monoisotopic (exact) mass is 933 g/mol. The summed E-state index contributed by atoms with van der Waals surface area (Å²) in [6.45, 7) is 3.69. The average molecular weight is 933 g/mol. The molecule has 16 heteroatoms. The highest BCUT2D eigenvalue weighted by atomic mass is 31.2. The molecule has 0 heterocycles. The maximum atomic E-state index is 12.7. The number of carbonyl (C=O) groups excluding carboxylic acids is 2. The van der Waals surface area contributed by atoms with Gasteiger partial charge in [-0.05, 0) is 50.9 Å². The summed E-state index contributed by atoms with van der Waals surface area (Å²) >= 11 is 0. The fraction of sp³-hybridized carbons (Fsp3) is 0.702. The average Bonchev–Trinajstić information content (AvgIpc) is 3.23. The Kier molecular flexibility index (Phi) is 39.4. The second kappa shape index (κ2) is 41.0. The van der Waals surface area contributed by atoms with Gasteiger partial charge in [-0.2, -0.15) is 0 Å². The van der Waals surface area contributed by atoms with Crippen LogP contribution in [0.3, 0.4) is 0 Å². The lowest BCUT2D eigenvalue weighted by Crippen LogP contribution is -2.30. The zero-order valence-corrected chi connectivity index (χ0v) is 40.2. The summed E-state index contributed by atoms with van der Waals surface area (Å²) < 4.78 is 47.7. The van der Waals surface area contributed by atoms with E-state index in [4.69, 9.17) is 23.8 Å². The van der Waals surface area contributed by atoms with Gasteiger partial charge in [0, 0.05) is 12.8 Å². The molecule has 0 aromatic carbocycles. The van der Waals surface area contributed by atoms with Crippen LogP contribution in [0, 0.1) is 5.92 Å². The van der Waals surface area contributed by atoms with Crippen LogP contribution in [-0.4, -0.2) is 81.6 Å². The number of aliphatic hydroxyl groups excluding tert-OH is 2. The van der Waals surface area contributed by atoms with Gasteiger partial charge in [0.15, 0.2) is 6.10 Å². The third-order valence-corrected chi connectivity index (χ3v) is 10.8. The Morgan fingerprint density at radius 3 is 1.54 bits per heavy atom. The molecule has 63 heavy (non-hydrogen) atoms. The molecular formula is C47H82O14P2. The number of phosphoric ester groups is 2. The van der Waals surface area contributed by atoms with Gasteiger partial charge in [0.25, 0.3) is 0 Å². The van der Waals surface area contributed by atoms with Gasteiger partial charge in [-0.3, -0.25) is 23.2 Å². The summed E-state index contributed by atoms with van der Waals surface area (Å²) in [7, 11) is -9.76. The Morgan fingerprint density at radius 1 is 0.540 bits per heavy atom. The van der Waals surface area contributed by atoms with Crippen molar-refractivity contribution < 1.29 is 66.7 Å². The van der Waals surface area contributed by atoms with Gasteiger partial charge in [-0.25, -0.2) is 9.13 Å². The third-order valence-electron chi connectivity index (χ3n) is 9.40. The molecule has 14 nitrogen and oxygen atoms in total. The zero-order chi connectivity index (χ0) is 46.9. The Labute approximate surface area is 378 Å². The summed E-state index contributed by atoms with van der Waals surface area (Å²) in [5.74, 6) is -0.526. The minimum Gasteiger partial charge on any atom is -0.462 e. The van der Waals surface area contributed by atoms with Crippen LogP contribution < -0.4 is 0 Å². The second-order valence-corrected chi connectivity index (χ2v) is 18.7. The van der Waals surface area contributed by atoms with Crippen LogP contribution in [-0.2, 0) is 41.8 Å². The molecule has 0 spiro atoms. The number of phosphoric acid groups is 2. The molecule has 2 unspecified atom stereocenters. The molecule has 0 rings (SSSR count). The fourth-order valence-electron chi connectivity index (χ4n) is 5.88. The first-order valence-corrected chi connectivity index (χ1v) is 26.1. The first-order chi connectivity index (χ1) is 30.1. The number of unbranched alkanes of at least 4 members (excludes halogenated alkanes) is 12. The molecule has 0 aliphatic carbocycles. The minimum atomic E-state index is -4.89. The van der Waals surface area contributed by atoms with Gasteiger partial charge in [0.05, 0.1) is 25.9 Å². The molecule has 0 saturated heterocycles. The van der Waals surface area contributed by atoms with Gasteiger partial charge in [0.2, 0.25) is 0 Å². The SMILES string of the molecule is CC/C=C\C/C=C\C/C=C\C/C=C\C/C=C\C=C/C(O)CCC(=O)OC[C@H](COP(=O)(O)OC[C@@H](O)COP(=O)(O)O)OC(=O)CCCCCCCCCCCCCCCC(C)C. The van der Waals surface area contributed by atoms with Crippen LogP contribution in [0.2, 0.25) is 0 Å². The van der Waals surface area contributed by atoms with Crippen molar-refractivity contribution in [3.05, 3.63) is 72.9 Å². The fourth-order valence-corrected chi connectivity index (χ4v) is 7.03. The van der Waals surface area contributed by atoms with Crippen LogP contribution in [0.5, 0.6) is 0 Å². The van der Waals surface area contributed by atoms with E-state index in [1.165, 1.54) is 57.8 Å². The molecule has 0 aliphatic heterocycles. The van der Waals surface area contributed by atoms with Crippen molar-refractivity contribution in [2.75, 3.05) is 26.4 Å². The number of carbonyl (C=O) groups is 2. The maximum absolute atomic E-state index is 12.7. The number of rotatable bonds is 42. The molecule has 0 fully saturated rings. The molecule has 0 aliphatic rings. The summed E-state index contributed by atoms with van der Waals surface area (Å²) in [6, 6.07) is 0. The largest absolute Gasteiger partial charge is 0.472 e. The van der Waals surface area contributed by atoms with E-state index in [0.29, 0.717) is 6.42 Å². The lowest BCUT2D eigenvalue weighted by molar-refractivity contribution is -0.161. The molecule has 0 saturated carbocycles. The van der Waals surface area contributed by atoms with Gasteiger partial charge in [0.1, 0.15) is 12.7 Å². The predicted molar refractivity (Wildman–Crippen MR) is 250 cm³/mol. The number of ether oxygens (including phenoxy) is 2. The van der Waals surface area contributed by atoms with E-state index in [1.54, 1.807) is 18.2 Å². The number of allylic oxidation sites excluding steroid dienone is 11. The van der Waals surface area contributed by atoms with Crippen molar-refractivity contribution in [1.29, 1.82) is 0 Å². The van der Waals surface area contributed by atoms with Crippen LogP contribution >= 0.6 is 15.6 Å². The summed E-state index contributed by atoms with van der Waals surface area (Å²) in [4.78, 5) is 52.8. The lowest BCUT2D eigenvalue weighted by Gasteiger charge is -2.20. The molecule has 0 radical (unpaired) electrons. The third kappa shape index (κ3) is 45.9. The van der Waals surface area contributed by atoms with Crippen LogP contribution in [0.25, 0.3) is 0 Å². The second-order valence-electron chi connectivity index (χ2n) is 16.0. The molecule has 0 bridgehead atoms. The molecule has 5 N–H and O–H groups in total. The van der Waals surface area contributed by atoms with E-state index in [2.05, 4.69) is 78.4 Å². The van der Waals surface area contributed by atoms with E-state index in [1.807, 2.05) is 6.08 Å². The van der Waals surface area contributed by atoms with E-state index >= 15 is 0 Å². The van der Waals surface area contributed by atoms with Gasteiger partial charge in [-0.15, -0.1) is 0 Å². The Bertz CT molecular complexity index is 1420. The Hall–Kier alpha value is -2.48. The van der Waals surface area contributed by atoms with Gasteiger partial charge in [-0.1, -0.05) is 177 Å². The number of hydrogen-bond acceptors (Lipinski definition) is 11. The smallest absolute Gasteiger partial charge is 0.462 e. The maximum Gasteiger partial charge on any atom is 0.472 e. The van der Waals surface area contributed by atoms with E-state index in [-0.39, 0.29) is 19.3 Å². The summed E-state index contributed by atoms with van der Waals surface area (Å²) in [5.41, 5.74) is 0. The standard InChI is InChI=1S/C47H82O14P2/c1-4-5-6-7-8-9-10-11-12-13-16-19-22-25-28-31-34-43(48)36-37-46(50)57-40-45(41-60-63(55,56)59-39-44(49)38-58-62(52,53)54)61-47(51)35-32-29-26-23-20-17-14-15-18-21-24-27-30-33-42(2)3/h5-6,8-9,11-12,16,19,25,28,31,34,42-45,48-49H,4,7,10,13-15,17-18,20-24,26-27,29-30,32-33,35-41H2,1-3H3,(H,55,56)(H2,52,53,54)/b6-5-,9-8-,12-11-,19-16-,28-25-,34-31-/t43?,44-,45+/m0/s1. The van der Waals surface area contributed by atoms with Crippen molar-refractivity contribution in [2.45, 2.75) is 180 Å². The Balaban J connectivity index is 4.70. The minimum absolute atomic E-state index is 0.0629. The topological polar surface area (TPSA) is 216 Å². The van der Waals surface area contributed by atoms with Gasteiger partial charge >= 0.3 is 27.6 Å². The molecule has 0 aromatic heterocycles. The number of esters is 2. The highest BCUT2D eigenvalue weighted by molar-refractivity contribution is 7.47. The molecule has 364 valence electrons. The highest BCUT2D eigenvalue weighted by Gasteiger charge is 2.28. The van der Waals surface area contributed by atoms with Gasteiger partial charge < -0.3 is 34.4 Å². The van der Waals surface area contributed by atoms with E-state index in [0.717, 1.165) is 63.7 Å². The van der Waals surface area contributed by atoms with Crippen LogP contribution in [0.1, 0.15) is 162 Å². The van der Waals surface area contributed by atoms with Crippen LogP contribution in [0.15, 0.2) is 72.9 Å². The molecule has 4 atom stereocenters. The van der Waals surface area contributed by atoms with E-state index in [9.17, 15) is 33.8 Å². The Morgan fingerprint density at radius 2 is 1.02 bits per heavy atom. The van der Waals surface area contributed by atoms with Crippen molar-refractivity contribution in [3.63, 3.8) is 0 Å². The first-order valence-electron chi connectivity index (χ1n) is 23.1. The molecule has 0 amide bonds. The van der Waals surface area contributed by atoms with Crippen LogP contribution in [0.4, 0.5) is 0 Å². The first kappa shape index (κ1) is 60.5. The molecule has 0 aromatic rings. The quantitative estimate of drug-likeness (QED) is 0.0127. The van der Waals surface area contributed by atoms with Crippen molar-refractivity contribution >= 4 is 27.6 Å². The lowest BCUT2D eigenvalue weighted by atomic mass is 10.0. The normalized spacial score (nSPS) is 15.2.